The van der Waals surface area contributed by atoms with Gasteiger partial charge >= 0.3 is 0 Å². The van der Waals surface area contributed by atoms with Crippen molar-refractivity contribution in [3.05, 3.63) is 41.4 Å². The van der Waals surface area contributed by atoms with Crippen molar-refractivity contribution in [2.75, 3.05) is 11.5 Å². The molecule has 0 aliphatic heterocycles. The molecule has 0 fully saturated rings. The number of halogens is 1. The zero-order valence-corrected chi connectivity index (χ0v) is 10.9. The summed E-state index contributed by atoms with van der Waals surface area (Å²) in [6.07, 6.45) is 0. The summed E-state index contributed by atoms with van der Waals surface area (Å²) in [6.45, 7) is 0. The van der Waals surface area contributed by atoms with Gasteiger partial charge in [0.15, 0.2) is 0 Å². The SMILES string of the molecule is Nc1cc(-c2nc3ccccc3s2)cc(N)c1Cl. The van der Waals surface area contributed by atoms with Crippen molar-refractivity contribution in [3.8, 4) is 10.6 Å². The van der Waals surface area contributed by atoms with Crippen LogP contribution in [0.25, 0.3) is 20.8 Å². The van der Waals surface area contributed by atoms with Crippen molar-refractivity contribution in [2.24, 2.45) is 0 Å². The monoisotopic (exact) mass is 275 g/mol. The highest BCUT2D eigenvalue weighted by atomic mass is 35.5. The first kappa shape index (κ1) is 11.3. The molecule has 0 aliphatic rings. The smallest absolute Gasteiger partial charge is 0.124 e. The number of aromatic nitrogens is 1. The van der Waals surface area contributed by atoms with E-state index in [0.29, 0.717) is 16.4 Å². The lowest BCUT2D eigenvalue weighted by molar-refractivity contribution is 1.48. The van der Waals surface area contributed by atoms with Crippen molar-refractivity contribution in [2.45, 2.75) is 0 Å². The van der Waals surface area contributed by atoms with Crippen LogP contribution in [0.3, 0.4) is 0 Å². The van der Waals surface area contributed by atoms with E-state index in [1.807, 2.05) is 24.3 Å². The van der Waals surface area contributed by atoms with Crippen molar-refractivity contribution in [3.63, 3.8) is 0 Å². The highest BCUT2D eigenvalue weighted by Crippen LogP contribution is 2.35. The molecule has 1 aromatic heterocycles. The average Bonchev–Trinajstić information content (AvgIpc) is 2.79. The molecule has 0 unspecified atom stereocenters. The van der Waals surface area contributed by atoms with Crippen molar-refractivity contribution >= 4 is 44.5 Å². The number of benzene rings is 2. The third kappa shape index (κ3) is 1.79. The number of anilines is 2. The highest BCUT2D eigenvalue weighted by molar-refractivity contribution is 7.21. The Labute approximate surface area is 113 Å². The number of para-hydroxylation sites is 1. The van der Waals surface area contributed by atoms with Gasteiger partial charge in [-0.3, -0.25) is 0 Å². The van der Waals surface area contributed by atoms with Gasteiger partial charge in [0, 0.05) is 5.56 Å². The number of nitrogen functional groups attached to an aromatic ring is 2. The molecule has 0 spiro atoms. The van der Waals surface area contributed by atoms with E-state index >= 15 is 0 Å². The molecule has 5 heteroatoms. The molecule has 0 radical (unpaired) electrons. The standard InChI is InChI=1S/C13H10ClN3S/c14-12-8(15)5-7(6-9(12)16)13-17-10-3-1-2-4-11(10)18-13/h1-6H,15-16H2. The molecule has 3 rings (SSSR count). The Morgan fingerprint density at radius 3 is 2.39 bits per heavy atom. The molecule has 2 aromatic carbocycles. The number of rotatable bonds is 1. The normalized spacial score (nSPS) is 10.9. The van der Waals surface area contributed by atoms with Gasteiger partial charge in [0.1, 0.15) is 5.01 Å². The average molecular weight is 276 g/mol. The molecular weight excluding hydrogens is 266 g/mol. The molecule has 0 amide bonds. The molecular formula is C13H10ClN3S. The Kier molecular flexibility index (Phi) is 2.61. The maximum Gasteiger partial charge on any atom is 0.124 e. The van der Waals surface area contributed by atoms with Crippen LogP contribution in [0.4, 0.5) is 11.4 Å². The van der Waals surface area contributed by atoms with Gasteiger partial charge in [-0.2, -0.15) is 0 Å². The van der Waals surface area contributed by atoms with Crippen LogP contribution in [0.2, 0.25) is 5.02 Å². The summed E-state index contributed by atoms with van der Waals surface area (Å²) in [7, 11) is 0. The van der Waals surface area contributed by atoms with Crippen LogP contribution in [-0.4, -0.2) is 4.98 Å². The van der Waals surface area contributed by atoms with Crippen molar-refractivity contribution < 1.29 is 0 Å². The summed E-state index contributed by atoms with van der Waals surface area (Å²) >= 11 is 7.56. The second kappa shape index (κ2) is 4.15. The van der Waals surface area contributed by atoms with E-state index in [4.69, 9.17) is 23.1 Å². The zero-order valence-electron chi connectivity index (χ0n) is 9.35. The maximum atomic E-state index is 5.95. The zero-order chi connectivity index (χ0) is 12.7. The number of hydrogen-bond donors (Lipinski definition) is 2. The summed E-state index contributed by atoms with van der Waals surface area (Å²) in [5.41, 5.74) is 14.5. The second-order valence-electron chi connectivity index (χ2n) is 3.96. The summed E-state index contributed by atoms with van der Waals surface area (Å²) in [5.74, 6) is 0. The molecule has 0 saturated heterocycles. The van der Waals surface area contributed by atoms with Gasteiger partial charge in [-0.15, -0.1) is 11.3 Å². The molecule has 4 N–H and O–H groups in total. The molecule has 90 valence electrons. The first-order valence-corrected chi connectivity index (χ1v) is 6.55. The van der Waals surface area contributed by atoms with E-state index in [9.17, 15) is 0 Å². The van der Waals surface area contributed by atoms with E-state index < -0.39 is 0 Å². The minimum atomic E-state index is 0.403. The molecule has 0 atom stereocenters. The Balaban J connectivity index is 2.20. The fourth-order valence-corrected chi connectivity index (χ4v) is 2.85. The lowest BCUT2D eigenvalue weighted by Crippen LogP contribution is -1.93. The van der Waals surface area contributed by atoms with Crippen LogP contribution in [0.1, 0.15) is 0 Å². The van der Waals surface area contributed by atoms with Crippen LogP contribution in [0.15, 0.2) is 36.4 Å². The van der Waals surface area contributed by atoms with Crippen LogP contribution in [-0.2, 0) is 0 Å². The number of thiazole rings is 1. The first-order valence-electron chi connectivity index (χ1n) is 5.35. The van der Waals surface area contributed by atoms with E-state index in [1.165, 1.54) is 0 Å². The van der Waals surface area contributed by atoms with Gasteiger partial charge in [-0.1, -0.05) is 23.7 Å². The summed E-state index contributed by atoms with van der Waals surface area (Å²) in [6, 6.07) is 11.6. The van der Waals surface area contributed by atoms with Crippen LogP contribution >= 0.6 is 22.9 Å². The van der Waals surface area contributed by atoms with Crippen LogP contribution < -0.4 is 11.5 Å². The van der Waals surface area contributed by atoms with Crippen molar-refractivity contribution in [1.29, 1.82) is 0 Å². The Bertz CT molecular complexity index is 680. The van der Waals surface area contributed by atoms with Gasteiger partial charge in [0.25, 0.3) is 0 Å². The third-order valence-electron chi connectivity index (χ3n) is 2.67. The van der Waals surface area contributed by atoms with Gasteiger partial charge < -0.3 is 11.5 Å². The molecule has 0 aliphatic carbocycles. The molecule has 18 heavy (non-hydrogen) atoms. The van der Waals surface area contributed by atoms with E-state index in [1.54, 1.807) is 23.5 Å². The lowest BCUT2D eigenvalue weighted by atomic mass is 10.2. The van der Waals surface area contributed by atoms with Crippen LogP contribution in [0, 0.1) is 0 Å². The van der Waals surface area contributed by atoms with Gasteiger partial charge in [-0.25, -0.2) is 4.98 Å². The van der Waals surface area contributed by atoms with Gasteiger partial charge in [0.2, 0.25) is 0 Å². The number of fused-ring (bicyclic) bond motifs is 1. The maximum absolute atomic E-state index is 5.95. The van der Waals surface area contributed by atoms with E-state index in [-0.39, 0.29) is 0 Å². The fraction of sp³-hybridized carbons (Fsp3) is 0. The Hall–Kier alpha value is -1.78. The van der Waals surface area contributed by atoms with Gasteiger partial charge in [0.05, 0.1) is 26.6 Å². The topological polar surface area (TPSA) is 64.9 Å². The van der Waals surface area contributed by atoms with Crippen molar-refractivity contribution in [1.82, 2.24) is 4.98 Å². The molecule has 3 nitrogen and oxygen atoms in total. The van der Waals surface area contributed by atoms with Gasteiger partial charge in [-0.05, 0) is 24.3 Å². The number of hydrogen-bond acceptors (Lipinski definition) is 4. The van der Waals surface area contributed by atoms with E-state index in [0.717, 1.165) is 20.8 Å². The minimum Gasteiger partial charge on any atom is -0.397 e. The summed E-state index contributed by atoms with van der Waals surface area (Å²) < 4.78 is 1.14. The number of nitrogens with zero attached hydrogens (tertiary/aromatic N) is 1. The Morgan fingerprint density at radius 2 is 1.72 bits per heavy atom. The third-order valence-corrected chi connectivity index (χ3v) is 4.19. The van der Waals surface area contributed by atoms with Crippen LogP contribution in [0.5, 0.6) is 0 Å². The quantitative estimate of drug-likeness (QED) is 0.664. The predicted molar refractivity (Wildman–Crippen MR) is 78.9 cm³/mol. The second-order valence-corrected chi connectivity index (χ2v) is 5.36. The van der Waals surface area contributed by atoms with E-state index in [2.05, 4.69) is 4.98 Å². The fourth-order valence-electron chi connectivity index (χ4n) is 1.79. The predicted octanol–water partition coefficient (Wildman–Crippen LogP) is 3.78. The highest BCUT2D eigenvalue weighted by Gasteiger charge is 2.10. The first-order chi connectivity index (χ1) is 8.65. The molecule has 3 aromatic rings. The summed E-state index contributed by atoms with van der Waals surface area (Å²) in [5, 5.41) is 1.30. The molecule has 1 heterocycles. The largest absolute Gasteiger partial charge is 0.397 e. The molecule has 0 bridgehead atoms. The lowest BCUT2D eigenvalue weighted by Gasteiger charge is -2.04. The minimum absolute atomic E-state index is 0.403. The number of nitrogens with two attached hydrogens (primary N) is 2. The Morgan fingerprint density at radius 1 is 1.06 bits per heavy atom. The summed E-state index contributed by atoms with van der Waals surface area (Å²) in [4.78, 5) is 4.56. The molecule has 0 saturated carbocycles.